The van der Waals surface area contributed by atoms with Gasteiger partial charge in [0.2, 0.25) is 0 Å². The summed E-state index contributed by atoms with van der Waals surface area (Å²) in [6.45, 7) is 6.43. The minimum Gasteiger partial charge on any atom is -0.303 e. The molecule has 0 fully saturated rings. The van der Waals surface area contributed by atoms with Gasteiger partial charge < -0.3 is 4.79 Å². The summed E-state index contributed by atoms with van der Waals surface area (Å²) in [7, 11) is 0. The summed E-state index contributed by atoms with van der Waals surface area (Å²) in [5, 5.41) is 0. The van der Waals surface area contributed by atoms with Crippen LogP contribution >= 0.6 is 0 Å². The molecule has 0 aliphatic carbocycles. The number of allylic oxidation sites excluding steroid dienone is 2. The molecule has 0 saturated heterocycles. The largest absolute Gasteiger partial charge is 0.303 e. The number of aldehydes is 1. The Morgan fingerprint density at radius 3 is 2.00 bits per heavy atom. The lowest BCUT2D eigenvalue weighted by Crippen LogP contribution is -2.15. The first kappa shape index (κ1) is 8.08. The minimum absolute atomic E-state index is 0.194. The molecule has 1 nitrogen and oxygen atoms in total. The van der Waals surface area contributed by atoms with Gasteiger partial charge in [-0.1, -0.05) is 25.3 Å². The van der Waals surface area contributed by atoms with Crippen LogP contribution in [0.15, 0.2) is 25.3 Å². The monoisotopic (exact) mass is 128 g/mol. The average molecular weight is 128 g/mol. The van der Waals surface area contributed by atoms with Gasteiger partial charge in [0.05, 0.1) is 0 Å². The Balaban J connectivity index is 4.06. The highest BCUT2D eigenvalue weighted by Gasteiger charge is 2.19. The first-order chi connectivity index (χ1) is 4.18. The fraction of sp³-hybridized carbons (Fsp3) is 0.286. The van der Waals surface area contributed by atoms with Crippen LogP contribution in [0.4, 0.5) is 4.39 Å². The fourth-order valence-corrected chi connectivity index (χ4v) is 0.378. The standard InChI is InChI=1S/C7H9FO/c1-3-7(8,4-2)5-6-9/h3-4,6H,1-2,5H2. The van der Waals surface area contributed by atoms with E-state index in [0.29, 0.717) is 6.29 Å². The first-order valence-corrected chi connectivity index (χ1v) is 2.58. The number of carbonyl (C=O) groups is 1. The first-order valence-electron chi connectivity index (χ1n) is 2.58. The van der Waals surface area contributed by atoms with E-state index in [1.165, 1.54) is 0 Å². The molecule has 0 atom stereocenters. The number of hydrogen-bond acceptors (Lipinski definition) is 1. The van der Waals surface area contributed by atoms with Crippen LogP contribution in [-0.2, 0) is 4.79 Å². The van der Waals surface area contributed by atoms with Crippen molar-refractivity contribution >= 4 is 6.29 Å². The number of alkyl halides is 1. The van der Waals surface area contributed by atoms with Crippen LogP contribution in [0.25, 0.3) is 0 Å². The van der Waals surface area contributed by atoms with Gasteiger partial charge in [0.25, 0.3) is 0 Å². The van der Waals surface area contributed by atoms with Crippen molar-refractivity contribution in [3.8, 4) is 0 Å². The average Bonchev–Trinajstić information content (AvgIpc) is 1.89. The molecule has 9 heavy (non-hydrogen) atoms. The van der Waals surface area contributed by atoms with Crippen molar-refractivity contribution < 1.29 is 9.18 Å². The number of halogens is 1. The van der Waals surface area contributed by atoms with Crippen LogP contribution in [0, 0.1) is 0 Å². The Labute approximate surface area is 53.9 Å². The summed E-state index contributed by atoms with van der Waals surface area (Å²) in [5.74, 6) is 0. The zero-order valence-electron chi connectivity index (χ0n) is 5.14. The zero-order chi connectivity index (χ0) is 7.33. The van der Waals surface area contributed by atoms with Crippen LogP contribution < -0.4 is 0 Å². The maximum atomic E-state index is 12.8. The minimum atomic E-state index is -1.71. The highest BCUT2D eigenvalue weighted by molar-refractivity contribution is 5.53. The predicted molar refractivity (Wildman–Crippen MR) is 34.9 cm³/mol. The molecule has 0 aromatic heterocycles. The van der Waals surface area contributed by atoms with Gasteiger partial charge in [-0.2, -0.15) is 0 Å². The second kappa shape index (κ2) is 3.17. The van der Waals surface area contributed by atoms with E-state index in [1.807, 2.05) is 0 Å². The Kier molecular flexibility index (Phi) is 2.85. The third-order valence-electron chi connectivity index (χ3n) is 1.07. The number of rotatable bonds is 4. The highest BCUT2D eigenvalue weighted by atomic mass is 19.1. The second-order valence-corrected chi connectivity index (χ2v) is 1.71. The normalized spacial score (nSPS) is 10.3. The number of hydrogen-bond donors (Lipinski definition) is 0. The summed E-state index contributed by atoms with van der Waals surface area (Å²) < 4.78 is 12.8. The lowest BCUT2D eigenvalue weighted by Gasteiger charge is -2.10. The van der Waals surface area contributed by atoms with E-state index in [2.05, 4.69) is 13.2 Å². The van der Waals surface area contributed by atoms with Crippen molar-refractivity contribution in [1.82, 2.24) is 0 Å². The molecule has 0 unspecified atom stereocenters. The lowest BCUT2D eigenvalue weighted by atomic mass is 10.0. The summed E-state index contributed by atoms with van der Waals surface area (Å²) >= 11 is 0. The molecule has 0 spiro atoms. The van der Waals surface area contributed by atoms with E-state index >= 15 is 0 Å². The highest BCUT2D eigenvalue weighted by Crippen LogP contribution is 2.16. The van der Waals surface area contributed by atoms with Crippen LogP contribution in [0.1, 0.15) is 6.42 Å². The molecular weight excluding hydrogens is 119 g/mol. The zero-order valence-corrected chi connectivity index (χ0v) is 5.14. The van der Waals surface area contributed by atoms with E-state index in [4.69, 9.17) is 0 Å². The lowest BCUT2D eigenvalue weighted by molar-refractivity contribution is -0.109. The van der Waals surface area contributed by atoms with Crippen LogP contribution in [-0.4, -0.2) is 12.0 Å². The molecule has 0 N–H and O–H groups in total. The maximum Gasteiger partial charge on any atom is 0.153 e. The summed E-state index contributed by atoms with van der Waals surface area (Å²) in [6.07, 6.45) is 2.44. The molecule has 50 valence electrons. The molecular formula is C7H9FO. The fourth-order valence-electron chi connectivity index (χ4n) is 0.378. The molecule has 0 bridgehead atoms. The van der Waals surface area contributed by atoms with Gasteiger partial charge >= 0.3 is 0 Å². The smallest absolute Gasteiger partial charge is 0.153 e. The van der Waals surface area contributed by atoms with E-state index < -0.39 is 5.67 Å². The van der Waals surface area contributed by atoms with E-state index in [-0.39, 0.29) is 6.42 Å². The van der Waals surface area contributed by atoms with Gasteiger partial charge in [-0.15, -0.1) is 0 Å². The van der Waals surface area contributed by atoms with Crippen molar-refractivity contribution in [2.75, 3.05) is 0 Å². The predicted octanol–water partition coefficient (Wildman–Crippen LogP) is 1.66. The maximum absolute atomic E-state index is 12.8. The van der Waals surface area contributed by atoms with Crippen LogP contribution in [0.2, 0.25) is 0 Å². The topological polar surface area (TPSA) is 17.1 Å². The van der Waals surface area contributed by atoms with Gasteiger partial charge in [-0.3, -0.25) is 0 Å². The van der Waals surface area contributed by atoms with Crippen molar-refractivity contribution in [2.45, 2.75) is 12.1 Å². The molecule has 0 aliphatic rings. The molecule has 0 aromatic carbocycles. The second-order valence-electron chi connectivity index (χ2n) is 1.71. The Morgan fingerprint density at radius 2 is 1.89 bits per heavy atom. The Hall–Kier alpha value is -0.920. The Morgan fingerprint density at radius 1 is 1.44 bits per heavy atom. The van der Waals surface area contributed by atoms with Crippen molar-refractivity contribution in [1.29, 1.82) is 0 Å². The van der Waals surface area contributed by atoms with E-state index in [9.17, 15) is 9.18 Å². The van der Waals surface area contributed by atoms with Crippen LogP contribution in [0.5, 0.6) is 0 Å². The SMILES string of the molecule is C=CC(F)(C=C)CC=O. The third-order valence-corrected chi connectivity index (χ3v) is 1.07. The van der Waals surface area contributed by atoms with E-state index in [0.717, 1.165) is 12.2 Å². The number of carbonyl (C=O) groups excluding carboxylic acids is 1. The Bertz CT molecular complexity index is 121. The summed E-state index contributed by atoms with van der Waals surface area (Å²) in [5.41, 5.74) is -1.71. The molecule has 0 aliphatic heterocycles. The van der Waals surface area contributed by atoms with Gasteiger partial charge in [-0.25, -0.2) is 4.39 Å². The molecule has 0 saturated carbocycles. The van der Waals surface area contributed by atoms with Crippen LogP contribution in [0.3, 0.4) is 0 Å². The van der Waals surface area contributed by atoms with Gasteiger partial charge in [-0.05, 0) is 0 Å². The summed E-state index contributed by atoms with van der Waals surface area (Å²) in [6, 6.07) is 0. The molecule has 0 aromatic rings. The van der Waals surface area contributed by atoms with Gasteiger partial charge in [0.15, 0.2) is 5.67 Å². The molecule has 0 heterocycles. The third kappa shape index (κ3) is 2.22. The van der Waals surface area contributed by atoms with Gasteiger partial charge in [0, 0.05) is 6.42 Å². The van der Waals surface area contributed by atoms with Gasteiger partial charge in [0.1, 0.15) is 6.29 Å². The molecule has 0 radical (unpaired) electrons. The summed E-state index contributed by atoms with van der Waals surface area (Å²) in [4.78, 5) is 9.80. The van der Waals surface area contributed by atoms with Crippen molar-refractivity contribution in [2.24, 2.45) is 0 Å². The van der Waals surface area contributed by atoms with E-state index in [1.54, 1.807) is 0 Å². The molecule has 0 rings (SSSR count). The quantitative estimate of drug-likeness (QED) is 0.415. The van der Waals surface area contributed by atoms with Crippen molar-refractivity contribution in [3.63, 3.8) is 0 Å². The molecule has 0 amide bonds. The molecule has 2 heteroatoms. The van der Waals surface area contributed by atoms with Crippen molar-refractivity contribution in [3.05, 3.63) is 25.3 Å².